The zero-order valence-corrected chi connectivity index (χ0v) is 11.3. The van der Waals surface area contributed by atoms with Crippen LogP contribution in [0, 0.1) is 0 Å². The van der Waals surface area contributed by atoms with Crippen LogP contribution < -0.4 is 4.74 Å². The highest BCUT2D eigenvalue weighted by Gasteiger charge is 2.10. The highest BCUT2D eigenvalue weighted by Crippen LogP contribution is 2.27. The predicted octanol–water partition coefficient (Wildman–Crippen LogP) is 4.42. The molecule has 1 aliphatic carbocycles. The molecular formula is C15H17ClO2. The number of ether oxygens (including phenoxy) is 1. The van der Waals surface area contributed by atoms with Crippen molar-refractivity contribution in [3.05, 3.63) is 40.4 Å². The first-order chi connectivity index (χ1) is 8.70. The molecule has 3 heteroatoms. The second-order valence-corrected chi connectivity index (χ2v) is 4.98. The van der Waals surface area contributed by atoms with E-state index in [0.29, 0.717) is 16.3 Å². The Kier molecular flexibility index (Phi) is 4.43. The lowest BCUT2D eigenvalue weighted by molar-refractivity contribution is 0.104. The van der Waals surface area contributed by atoms with Crippen molar-refractivity contribution in [1.29, 1.82) is 0 Å². The Morgan fingerprint density at radius 2 is 2.00 bits per heavy atom. The smallest absolute Gasteiger partial charge is 0.185 e. The Hall–Kier alpha value is -1.28. The van der Waals surface area contributed by atoms with Gasteiger partial charge in [0.1, 0.15) is 5.75 Å². The third kappa shape index (κ3) is 3.14. The molecule has 2 nitrogen and oxygen atoms in total. The summed E-state index contributed by atoms with van der Waals surface area (Å²) >= 11 is 5.94. The summed E-state index contributed by atoms with van der Waals surface area (Å²) in [6, 6.07) is 5.14. The van der Waals surface area contributed by atoms with Crippen molar-refractivity contribution >= 4 is 17.4 Å². The fourth-order valence-electron chi connectivity index (χ4n) is 2.23. The fraction of sp³-hybridized carbons (Fsp3) is 0.400. The Morgan fingerprint density at radius 3 is 2.67 bits per heavy atom. The van der Waals surface area contributed by atoms with E-state index in [1.165, 1.54) is 24.8 Å². The molecule has 0 aromatic heterocycles. The maximum Gasteiger partial charge on any atom is 0.185 e. The van der Waals surface area contributed by atoms with Gasteiger partial charge in [0.05, 0.1) is 12.1 Å². The molecule has 0 unspecified atom stereocenters. The van der Waals surface area contributed by atoms with Crippen molar-refractivity contribution < 1.29 is 9.53 Å². The molecule has 1 saturated carbocycles. The van der Waals surface area contributed by atoms with E-state index in [2.05, 4.69) is 0 Å². The minimum Gasteiger partial charge on any atom is -0.495 e. The molecule has 2 rings (SSSR count). The molecule has 0 spiro atoms. The lowest BCUT2D eigenvalue weighted by Gasteiger charge is -2.13. The minimum absolute atomic E-state index is 0.0434. The molecule has 1 fully saturated rings. The summed E-state index contributed by atoms with van der Waals surface area (Å²) in [5.74, 6) is 0.589. The SMILES string of the molecule is COc1cc(C(=O)C=C2CCCCC2)ccc1Cl. The molecule has 0 heterocycles. The van der Waals surface area contributed by atoms with Crippen molar-refractivity contribution in [2.24, 2.45) is 0 Å². The summed E-state index contributed by atoms with van der Waals surface area (Å²) in [4.78, 5) is 12.1. The molecule has 0 bridgehead atoms. The van der Waals surface area contributed by atoms with Crippen molar-refractivity contribution in [1.82, 2.24) is 0 Å². The summed E-state index contributed by atoms with van der Waals surface area (Å²) in [6.45, 7) is 0. The fourth-order valence-corrected chi connectivity index (χ4v) is 2.43. The third-order valence-electron chi connectivity index (χ3n) is 3.27. The van der Waals surface area contributed by atoms with E-state index in [-0.39, 0.29) is 5.78 Å². The van der Waals surface area contributed by atoms with Crippen LogP contribution in [0.4, 0.5) is 0 Å². The third-order valence-corrected chi connectivity index (χ3v) is 3.58. The molecular weight excluding hydrogens is 248 g/mol. The number of carbonyl (C=O) groups excluding carboxylic acids is 1. The van der Waals surface area contributed by atoms with Crippen LogP contribution in [-0.4, -0.2) is 12.9 Å². The van der Waals surface area contributed by atoms with Crippen LogP contribution >= 0.6 is 11.6 Å². The minimum atomic E-state index is 0.0434. The summed E-state index contributed by atoms with van der Waals surface area (Å²) in [5, 5.41) is 0.527. The van der Waals surface area contributed by atoms with E-state index in [1.807, 2.05) is 0 Å². The normalized spacial score (nSPS) is 15.3. The van der Waals surface area contributed by atoms with Gasteiger partial charge in [-0.2, -0.15) is 0 Å². The summed E-state index contributed by atoms with van der Waals surface area (Å²) in [6.07, 6.45) is 7.56. The first-order valence-electron chi connectivity index (χ1n) is 6.28. The van der Waals surface area contributed by atoms with E-state index in [0.717, 1.165) is 12.8 Å². The first-order valence-corrected chi connectivity index (χ1v) is 6.66. The van der Waals surface area contributed by atoms with Gasteiger partial charge >= 0.3 is 0 Å². The average Bonchev–Trinajstić information content (AvgIpc) is 2.40. The highest BCUT2D eigenvalue weighted by molar-refractivity contribution is 6.32. The van der Waals surface area contributed by atoms with E-state index < -0.39 is 0 Å². The van der Waals surface area contributed by atoms with Crippen LogP contribution in [0.5, 0.6) is 5.75 Å². The molecule has 0 aliphatic heterocycles. The monoisotopic (exact) mass is 264 g/mol. The first kappa shape index (κ1) is 13.2. The number of halogens is 1. The lowest BCUT2D eigenvalue weighted by atomic mass is 9.93. The zero-order chi connectivity index (χ0) is 13.0. The van der Waals surface area contributed by atoms with Gasteiger partial charge in [-0.05, 0) is 50.0 Å². The molecule has 0 atom stereocenters. The van der Waals surface area contributed by atoms with Crippen molar-refractivity contribution in [3.63, 3.8) is 0 Å². The van der Waals surface area contributed by atoms with Crippen LogP contribution in [0.25, 0.3) is 0 Å². The van der Waals surface area contributed by atoms with Gasteiger partial charge in [0.2, 0.25) is 0 Å². The second kappa shape index (κ2) is 6.05. The standard InChI is InChI=1S/C15H17ClO2/c1-18-15-10-12(7-8-13(15)16)14(17)9-11-5-3-2-4-6-11/h7-10H,2-6H2,1H3. The summed E-state index contributed by atoms with van der Waals surface area (Å²) in [5.41, 5.74) is 1.90. The second-order valence-electron chi connectivity index (χ2n) is 4.58. The van der Waals surface area contributed by atoms with E-state index in [1.54, 1.807) is 31.4 Å². The Morgan fingerprint density at radius 1 is 1.28 bits per heavy atom. The summed E-state index contributed by atoms with van der Waals surface area (Å²) < 4.78 is 5.12. The topological polar surface area (TPSA) is 26.3 Å². The number of benzene rings is 1. The number of ketones is 1. The predicted molar refractivity (Wildman–Crippen MR) is 73.5 cm³/mol. The molecule has 0 radical (unpaired) electrons. The molecule has 1 aromatic rings. The van der Waals surface area contributed by atoms with Gasteiger partial charge in [-0.1, -0.05) is 23.6 Å². The average molecular weight is 265 g/mol. The van der Waals surface area contributed by atoms with Crippen LogP contribution in [0.15, 0.2) is 29.8 Å². The maximum absolute atomic E-state index is 12.1. The van der Waals surface area contributed by atoms with Gasteiger partial charge in [-0.3, -0.25) is 4.79 Å². The van der Waals surface area contributed by atoms with Gasteiger partial charge in [-0.25, -0.2) is 0 Å². The van der Waals surface area contributed by atoms with Crippen LogP contribution in [0.3, 0.4) is 0 Å². The quantitative estimate of drug-likeness (QED) is 0.597. The van der Waals surface area contributed by atoms with Gasteiger partial charge in [-0.15, -0.1) is 0 Å². The van der Waals surface area contributed by atoms with Crippen LogP contribution in [0.2, 0.25) is 5.02 Å². The lowest BCUT2D eigenvalue weighted by Crippen LogP contribution is -2.00. The molecule has 0 amide bonds. The van der Waals surface area contributed by atoms with Crippen LogP contribution in [-0.2, 0) is 0 Å². The summed E-state index contributed by atoms with van der Waals surface area (Å²) in [7, 11) is 1.55. The van der Waals surface area contributed by atoms with Crippen molar-refractivity contribution in [3.8, 4) is 5.75 Å². The van der Waals surface area contributed by atoms with E-state index in [4.69, 9.17) is 16.3 Å². The Labute approximate surface area is 113 Å². The van der Waals surface area contributed by atoms with Crippen LogP contribution in [0.1, 0.15) is 42.5 Å². The van der Waals surface area contributed by atoms with Gasteiger partial charge in [0.25, 0.3) is 0 Å². The maximum atomic E-state index is 12.1. The van der Waals surface area contributed by atoms with Gasteiger partial charge < -0.3 is 4.74 Å². The number of hydrogen-bond acceptors (Lipinski definition) is 2. The zero-order valence-electron chi connectivity index (χ0n) is 10.5. The number of hydrogen-bond donors (Lipinski definition) is 0. The molecule has 18 heavy (non-hydrogen) atoms. The Bertz CT molecular complexity index is 469. The molecule has 0 N–H and O–H groups in total. The highest BCUT2D eigenvalue weighted by atomic mass is 35.5. The van der Waals surface area contributed by atoms with Gasteiger partial charge in [0.15, 0.2) is 5.78 Å². The largest absolute Gasteiger partial charge is 0.495 e. The molecule has 0 saturated heterocycles. The molecule has 96 valence electrons. The molecule has 1 aliphatic rings. The number of rotatable bonds is 3. The van der Waals surface area contributed by atoms with Gasteiger partial charge in [0, 0.05) is 5.56 Å². The number of methoxy groups -OCH3 is 1. The Balaban J connectivity index is 2.18. The molecule has 1 aromatic carbocycles. The van der Waals surface area contributed by atoms with E-state index >= 15 is 0 Å². The number of carbonyl (C=O) groups is 1. The number of allylic oxidation sites excluding steroid dienone is 2. The van der Waals surface area contributed by atoms with E-state index in [9.17, 15) is 4.79 Å². The van der Waals surface area contributed by atoms with Crippen molar-refractivity contribution in [2.75, 3.05) is 7.11 Å². The van der Waals surface area contributed by atoms with Crippen molar-refractivity contribution in [2.45, 2.75) is 32.1 Å².